The van der Waals surface area contributed by atoms with Gasteiger partial charge < -0.3 is 0 Å². The molecule has 0 aliphatic heterocycles. The van der Waals surface area contributed by atoms with Crippen LogP contribution in [0, 0.1) is 0 Å². The van der Waals surface area contributed by atoms with Crippen LogP contribution in [0.3, 0.4) is 0 Å². The highest BCUT2D eigenvalue weighted by Gasteiger charge is 2.11. The Bertz CT molecular complexity index is 1020. The summed E-state index contributed by atoms with van der Waals surface area (Å²) >= 11 is 3.03. The number of hydrogen-bond acceptors (Lipinski definition) is 5. The van der Waals surface area contributed by atoms with Crippen molar-refractivity contribution in [2.24, 2.45) is 0 Å². The van der Waals surface area contributed by atoms with Crippen LogP contribution in [0.5, 0.6) is 0 Å². The molecule has 0 saturated carbocycles. The van der Waals surface area contributed by atoms with E-state index in [0.29, 0.717) is 10.7 Å². The van der Waals surface area contributed by atoms with Crippen LogP contribution in [-0.4, -0.2) is 15.9 Å². The predicted octanol–water partition coefficient (Wildman–Crippen LogP) is 4.72. The van der Waals surface area contributed by atoms with E-state index in [4.69, 9.17) is 0 Å². The molecule has 1 N–H and O–H groups in total. The number of carbonyl (C=O) groups excluding carboxylic acids is 1. The average Bonchev–Trinajstić information content (AvgIpc) is 3.18. The minimum atomic E-state index is -0.143. The minimum Gasteiger partial charge on any atom is -0.298 e. The fourth-order valence-corrected chi connectivity index (χ4v) is 4.05. The number of amides is 1. The molecule has 0 saturated heterocycles. The molecule has 0 spiro atoms. The molecule has 6 heteroatoms. The van der Waals surface area contributed by atoms with Crippen molar-refractivity contribution in [2.75, 3.05) is 5.32 Å². The van der Waals surface area contributed by atoms with Gasteiger partial charge in [-0.15, -0.1) is 11.3 Å². The van der Waals surface area contributed by atoms with Gasteiger partial charge in [-0.05, 0) is 42.3 Å². The molecule has 4 aromatic rings. The smallest absolute Gasteiger partial charge is 0.257 e. The molecule has 0 bridgehead atoms. The Morgan fingerprint density at radius 2 is 2.00 bits per heavy atom. The summed E-state index contributed by atoms with van der Waals surface area (Å²) in [5, 5.41) is 3.52. The number of rotatable bonds is 3. The molecule has 1 amide bonds. The van der Waals surface area contributed by atoms with E-state index in [1.165, 1.54) is 28.2 Å². The lowest BCUT2D eigenvalue weighted by Crippen LogP contribution is -2.11. The minimum absolute atomic E-state index is 0.143. The normalized spacial score (nSPS) is 11.2. The molecule has 0 aliphatic rings. The van der Waals surface area contributed by atoms with Crippen molar-refractivity contribution < 1.29 is 4.79 Å². The number of aromatic nitrogens is 2. The van der Waals surface area contributed by atoms with Crippen LogP contribution >= 0.6 is 22.7 Å². The van der Waals surface area contributed by atoms with Crippen LogP contribution in [0.2, 0.25) is 0 Å². The molecule has 114 valence electrons. The summed E-state index contributed by atoms with van der Waals surface area (Å²) in [6.45, 7) is 2.13. The van der Waals surface area contributed by atoms with Crippen molar-refractivity contribution in [3.8, 4) is 0 Å². The molecule has 2 aromatic carbocycles. The fourth-order valence-electron chi connectivity index (χ4n) is 2.41. The number of nitrogens with one attached hydrogen (secondary N) is 1. The summed E-state index contributed by atoms with van der Waals surface area (Å²) in [6.07, 6.45) is 0.990. The van der Waals surface area contributed by atoms with Crippen molar-refractivity contribution in [3.63, 3.8) is 0 Å². The predicted molar refractivity (Wildman–Crippen MR) is 96.6 cm³/mol. The van der Waals surface area contributed by atoms with Crippen LogP contribution in [0.15, 0.2) is 41.9 Å². The van der Waals surface area contributed by atoms with Crippen LogP contribution in [0.1, 0.15) is 22.8 Å². The number of fused-ring (bicyclic) bond motifs is 2. The Balaban J connectivity index is 1.62. The molecule has 0 radical (unpaired) electrons. The highest BCUT2D eigenvalue weighted by molar-refractivity contribution is 7.22. The summed E-state index contributed by atoms with van der Waals surface area (Å²) in [7, 11) is 0. The first-order valence-electron chi connectivity index (χ1n) is 7.27. The zero-order chi connectivity index (χ0) is 15.8. The van der Waals surface area contributed by atoms with Gasteiger partial charge in [-0.1, -0.05) is 24.3 Å². The highest BCUT2D eigenvalue weighted by atomic mass is 32.1. The van der Waals surface area contributed by atoms with E-state index in [9.17, 15) is 4.79 Å². The first-order valence-corrected chi connectivity index (χ1v) is 8.96. The number of thiazole rings is 2. The van der Waals surface area contributed by atoms with Gasteiger partial charge in [0, 0.05) is 5.56 Å². The summed E-state index contributed by atoms with van der Waals surface area (Å²) < 4.78 is 2.10. The Morgan fingerprint density at radius 1 is 1.13 bits per heavy atom. The average molecular weight is 339 g/mol. The molecule has 23 heavy (non-hydrogen) atoms. The lowest BCUT2D eigenvalue weighted by Gasteiger charge is -2.01. The molecule has 0 atom stereocenters. The van der Waals surface area contributed by atoms with E-state index in [1.54, 1.807) is 11.6 Å². The number of benzene rings is 2. The van der Waals surface area contributed by atoms with Gasteiger partial charge in [-0.3, -0.25) is 10.1 Å². The van der Waals surface area contributed by atoms with Gasteiger partial charge in [-0.2, -0.15) is 0 Å². The van der Waals surface area contributed by atoms with Crippen LogP contribution in [0.25, 0.3) is 20.4 Å². The number of hydrogen-bond donors (Lipinski definition) is 1. The molecule has 2 aromatic heterocycles. The molecule has 4 nitrogen and oxygen atoms in total. The molecule has 0 fully saturated rings. The van der Waals surface area contributed by atoms with E-state index < -0.39 is 0 Å². The first-order chi connectivity index (χ1) is 11.2. The van der Waals surface area contributed by atoms with E-state index in [-0.39, 0.29) is 5.91 Å². The van der Waals surface area contributed by atoms with Gasteiger partial charge in [0.15, 0.2) is 5.13 Å². The van der Waals surface area contributed by atoms with Gasteiger partial charge in [0.05, 0.1) is 25.9 Å². The van der Waals surface area contributed by atoms with Gasteiger partial charge >= 0.3 is 0 Å². The number of aryl methyl sites for hydroxylation is 1. The molecular weight excluding hydrogens is 326 g/mol. The summed E-state index contributed by atoms with van der Waals surface area (Å²) in [5.74, 6) is -0.143. The van der Waals surface area contributed by atoms with Gasteiger partial charge in [0.2, 0.25) is 0 Å². The lowest BCUT2D eigenvalue weighted by atomic mass is 10.2. The topological polar surface area (TPSA) is 54.9 Å². The maximum Gasteiger partial charge on any atom is 0.257 e. The Labute approximate surface area is 140 Å². The number of anilines is 1. The number of carbonyl (C=O) groups is 1. The van der Waals surface area contributed by atoms with E-state index in [1.807, 2.05) is 18.2 Å². The summed E-state index contributed by atoms with van der Waals surface area (Å²) in [4.78, 5) is 21.1. The van der Waals surface area contributed by atoms with Crippen molar-refractivity contribution in [1.29, 1.82) is 0 Å². The van der Waals surface area contributed by atoms with Crippen molar-refractivity contribution in [3.05, 3.63) is 53.0 Å². The first kappa shape index (κ1) is 14.3. The quantitative estimate of drug-likeness (QED) is 0.587. The molecule has 0 aliphatic carbocycles. The zero-order valence-electron chi connectivity index (χ0n) is 12.4. The third-order valence-corrected chi connectivity index (χ3v) is 5.40. The Kier molecular flexibility index (Phi) is 3.55. The van der Waals surface area contributed by atoms with Crippen LogP contribution in [0.4, 0.5) is 5.13 Å². The molecule has 4 rings (SSSR count). The molecular formula is C17H13N3OS2. The van der Waals surface area contributed by atoms with Crippen LogP contribution < -0.4 is 5.32 Å². The fraction of sp³-hybridized carbons (Fsp3) is 0.118. The van der Waals surface area contributed by atoms with Gasteiger partial charge in [0.1, 0.15) is 0 Å². The SMILES string of the molecule is CCc1ccc2nc(NC(=O)c3ccc4ncsc4c3)sc2c1. The van der Waals surface area contributed by atoms with Crippen LogP contribution in [-0.2, 0) is 6.42 Å². The van der Waals surface area contributed by atoms with E-state index >= 15 is 0 Å². The lowest BCUT2D eigenvalue weighted by molar-refractivity contribution is 0.102. The van der Waals surface area contributed by atoms with Crippen molar-refractivity contribution in [2.45, 2.75) is 13.3 Å². The largest absolute Gasteiger partial charge is 0.298 e. The van der Waals surface area contributed by atoms with Crippen molar-refractivity contribution >= 4 is 54.1 Å². The van der Waals surface area contributed by atoms with E-state index in [0.717, 1.165) is 26.9 Å². The monoisotopic (exact) mass is 339 g/mol. The molecule has 0 unspecified atom stereocenters. The second-order valence-corrected chi connectivity index (χ2v) is 7.08. The third-order valence-electron chi connectivity index (χ3n) is 3.68. The Hall–Kier alpha value is -2.31. The highest BCUT2D eigenvalue weighted by Crippen LogP contribution is 2.27. The maximum atomic E-state index is 12.4. The second-order valence-electron chi connectivity index (χ2n) is 5.16. The molecule has 2 heterocycles. The second kappa shape index (κ2) is 5.72. The van der Waals surface area contributed by atoms with Gasteiger partial charge in [0.25, 0.3) is 5.91 Å². The number of nitrogens with zero attached hydrogens (tertiary/aromatic N) is 2. The standard InChI is InChI=1S/C17H13N3OS2/c1-2-10-3-5-13-15(7-10)23-17(19-13)20-16(21)11-4-6-12-14(8-11)22-9-18-12/h3-9H,2H2,1H3,(H,19,20,21). The zero-order valence-corrected chi connectivity index (χ0v) is 14.0. The van der Waals surface area contributed by atoms with Crippen molar-refractivity contribution in [1.82, 2.24) is 9.97 Å². The maximum absolute atomic E-state index is 12.4. The van der Waals surface area contributed by atoms with E-state index in [2.05, 4.69) is 34.3 Å². The third kappa shape index (κ3) is 2.71. The van der Waals surface area contributed by atoms with Gasteiger partial charge in [-0.25, -0.2) is 9.97 Å². The Morgan fingerprint density at radius 3 is 2.87 bits per heavy atom. The summed E-state index contributed by atoms with van der Waals surface area (Å²) in [5.41, 5.74) is 5.51. The summed E-state index contributed by atoms with van der Waals surface area (Å²) in [6, 6.07) is 11.7.